The first-order valence-corrected chi connectivity index (χ1v) is 8.82. The van der Waals surface area contributed by atoms with Crippen LogP contribution in [0.1, 0.15) is 18.8 Å². The largest absolute Gasteiger partial charge is 0.472 e. The van der Waals surface area contributed by atoms with Crippen LogP contribution in [0.2, 0.25) is 0 Å². The van der Waals surface area contributed by atoms with Gasteiger partial charge in [-0.3, -0.25) is 9.05 Å². The maximum atomic E-state index is 12.2. The molecule has 0 bridgehead atoms. The quantitative estimate of drug-likeness (QED) is 0.542. The molecule has 0 spiro atoms. The SMILES string of the molecule is COP1(=O)OC[C@H]2O[C@@H](n3cnc4c(C)nc(N)nc43)[C-](C)[C@@H]2O1.[Y]. The average Bonchev–Trinajstić information content (AvgIpc) is 3.09. The molecule has 2 aliphatic heterocycles. The molecule has 2 aromatic heterocycles. The maximum Gasteiger partial charge on any atom is 0.472 e. The molecule has 2 aromatic rings. The number of imidazole rings is 1. The van der Waals surface area contributed by atoms with Crippen LogP contribution < -0.4 is 5.73 Å². The Morgan fingerprint density at radius 2 is 2.24 bits per heavy atom. The summed E-state index contributed by atoms with van der Waals surface area (Å²) < 4.78 is 35.5. The van der Waals surface area contributed by atoms with E-state index in [0.717, 1.165) is 5.92 Å². The molecule has 4 rings (SSSR count). The molecule has 2 aliphatic rings. The van der Waals surface area contributed by atoms with Crippen molar-refractivity contribution in [1.82, 2.24) is 19.5 Å². The molecular formula is C13H17N5O5PY-. The Balaban J connectivity index is 0.00000182. The molecule has 4 atom stereocenters. The number of phosphoric ester groups is 1. The summed E-state index contributed by atoms with van der Waals surface area (Å²) in [7, 11) is -2.25. The Morgan fingerprint density at radius 3 is 2.96 bits per heavy atom. The van der Waals surface area contributed by atoms with Crippen molar-refractivity contribution in [3.8, 4) is 0 Å². The van der Waals surface area contributed by atoms with E-state index in [1.54, 1.807) is 10.9 Å². The second-order valence-corrected chi connectivity index (χ2v) is 7.44. The van der Waals surface area contributed by atoms with Crippen molar-refractivity contribution in [2.75, 3.05) is 19.5 Å². The van der Waals surface area contributed by atoms with Gasteiger partial charge in [-0.15, -0.1) is 0 Å². The summed E-state index contributed by atoms with van der Waals surface area (Å²) in [5.74, 6) is 0.994. The summed E-state index contributed by atoms with van der Waals surface area (Å²) >= 11 is 0. The third-order valence-corrected chi connectivity index (χ3v) is 5.61. The van der Waals surface area contributed by atoms with Gasteiger partial charge in [0, 0.05) is 46.0 Å². The molecule has 2 saturated heterocycles. The number of anilines is 1. The summed E-state index contributed by atoms with van der Waals surface area (Å²) in [4.78, 5) is 12.7. The molecule has 0 amide bonds. The van der Waals surface area contributed by atoms with E-state index in [0.29, 0.717) is 16.9 Å². The van der Waals surface area contributed by atoms with Crippen molar-refractivity contribution >= 4 is 24.9 Å². The molecule has 4 heterocycles. The fraction of sp³-hybridized carbons (Fsp3) is 0.538. The van der Waals surface area contributed by atoms with Gasteiger partial charge in [-0.05, 0) is 13.0 Å². The van der Waals surface area contributed by atoms with Crippen molar-refractivity contribution in [2.24, 2.45) is 0 Å². The third-order valence-electron chi connectivity index (χ3n) is 4.21. The molecule has 12 heteroatoms. The van der Waals surface area contributed by atoms with Crippen molar-refractivity contribution < 1.29 is 55.6 Å². The number of hydrogen-bond acceptors (Lipinski definition) is 9. The second-order valence-electron chi connectivity index (χ2n) is 5.71. The van der Waals surface area contributed by atoms with Crippen LogP contribution in [0.5, 0.6) is 0 Å². The number of aromatic nitrogens is 4. The van der Waals surface area contributed by atoms with Crippen LogP contribution in [0, 0.1) is 12.8 Å². The molecule has 25 heavy (non-hydrogen) atoms. The van der Waals surface area contributed by atoms with Crippen LogP contribution in [0.3, 0.4) is 0 Å². The minimum Gasteiger partial charge on any atom is -0.384 e. The maximum absolute atomic E-state index is 12.2. The first-order chi connectivity index (χ1) is 11.4. The van der Waals surface area contributed by atoms with E-state index < -0.39 is 20.2 Å². The van der Waals surface area contributed by atoms with E-state index in [-0.39, 0.29) is 51.4 Å². The Bertz CT molecular complexity index is 848. The average molecular weight is 443 g/mol. The zero-order valence-corrected chi connectivity index (χ0v) is 17.7. The zero-order valence-electron chi connectivity index (χ0n) is 13.9. The van der Waals surface area contributed by atoms with Gasteiger partial charge < -0.3 is 19.6 Å². The van der Waals surface area contributed by atoms with Crippen molar-refractivity contribution in [3.05, 3.63) is 17.9 Å². The third kappa shape index (κ3) is 3.18. The van der Waals surface area contributed by atoms with Crippen LogP contribution in [0.4, 0.5) is 5.95 Å². The van der Waals surface area contributed by atoms with E-state index >= 15 is 0 Å². The minimum atomic E-state index is -3.54. The summed E-state index contributed by atoms with van der Waals surface area (Å²) in [5, 5.41) is 0. The molecule has 133 valence electrons. The number of nitrogen functional groups attached to an aromatic ring is 1. The summed E-state index contributed by atoms with van der Waals surface area (Å²) in [6, 6.07) is 0. The number of aryl methyl sites for hydroxylation is 1. The van der Waals surface area contributed by atoms with E-state index in [1.165, 1.54) is 7.11 Å². The molecule has 0 saturated carbocycles. The first kappa shape index (κ1) is 19.3. The van der Waals surface area contributed by atoms with Gasteiger partial charge >= 0.3 is 7.82 Å². The van der Waals surface area contributed by atoms with E-state index in [4.69, 9.17) is 24.0 Å². The standard InChI is InChI=1S/C13H17N5O5P.Y/c1-6-10-8(4-21-24(19,20-3)23-10)22-12(6)18-5-15-9-7(2)16-13(14)17-11(9)18;/h5,8,10,12H,4H2,1-3H3,(H2,14,16,17);/q-1;/t8-,10+,12-,24?;/m1./s1. The number of rotatable bonds is 2. The van der Waals surface area contributed by atoms with Gasteiger partial charge in [0.1, 0.15) is 5.52 Å². The van der Waals surface area contributed by atoms with Gasteiger partial charge in [0.2, 0.25) is 5.95 Å². The predicted octanol–water partition coefficient (Wildman–Crippen LogP) is 1.38. The van der Waals surface area contributed by atoms with Gasteiger partial charge in [0.15, 0.2) is 5.65 Å². The zero-order chi connectivity index (χ0) is 17.1. The Morgan fingerprint density at radius 1 is 1.48 bits per heavy atom. The predicted molar refractivity (Wildman–Crippen MR) is 82.7 cm³/mol. The number of hydrogen-bond donors (Lipinski definition) is 1. The molecule has 1 unspecified atom stereocenters. The van der Waals surface area contributed by atoms with Crippen LogP contribution >= 0.6 is 7.82 Å². The monoisotopic (exact) mass is 443 g/mol. The van der Waals surface area contributed by atoms with Gasteiger partial charge in [-0.1, -0.05) is 0 Å². The molecular weight excluding hydrogens is 426 g/mol. The molecule has 1 radical (unpaired) electrons. The van der Waals surface area contributed by atoms with Crippen LogP contribution in [-0.2, 0) is 55.6 Å². The molecule has 10 nitrogen and oxygen atoms in total. The fourth-order valence-corrected chi connectivity index (χ4v) is 4.18. The van der Waals surface area contributed by atoms with Crippen LogP contribution in [0.25, 0.3) is 11.2 Å². The van der Waals surface area contributed by atoms with Crippen LogP contribution in [0.15, 0.2) is 6.33 Å². The smallest absolute Gasteiger partial charge is 0.384 e. The molecule has 0 aliphatic carbocycles. The Kier molecular flexibility index (Phi) is 5.34. The number of phosphoric acid groups is 1. The number of nitrogens with two attached hydrogens (primary N) is 1. The van der Waals surface area contributed by atoms with Crippen molar-refractivity contribution in [2.45, 2.75) is 32.3 Å². The van der Waals surface area contributed by atoms with Crippen LogP contribution in [-0.4, -0.2) is 45.4 Å². The molecule has 0 aromatic carbocycles. The fourth-order valence-electron chi connectivity index (χ4n) is 3.02. The second kappa shape index (κ2) is 6.92. The van der Waals surface area contributed by atoms with Crippen molar-refractivity contribution in [3.63, 3.8) is 0 Å². The normalized spacial score (nSPS) is 32.5. The Labute approximate surface area is 169 Å². The van der Waals surface area contributed by atoms with Gasteiger partial charge in [-0.25, -0.2) is 20.5 Å². The van der Waals surface area contributed by atoms with Gasteiger partial charge in [0.05, 0.1) is 24.7 Å². The van der Waals surface area contributed by atoms with E-state index in [9.17, 15) is 4.57 Å². The number of ether oxygens (including phenoxy) is 1. The first-order valence-electron chi connectivity index (χ1n) is 7.36. The molecule has 2 N–H and O–H groups in total. The molecule has 2 fully saturated rings. The minimum absolute atomic E-state index is 0. The summed E-state index contributed by atoms with van der Waals surface area (Å²) in [6.45, 7) is 3.80. The van der Waals surface area contributed by atoms with Crippen molar-refractivity contribution in [1.29, 1.82) is 0 Å². The Hall–Kier alpha value is -0.476. The summed E-state index contributed by atoms with van der Waals surface area (Å²) in [5.41, 5.74) is 7.65. The summed E-state index contributed by atoms with van der Waals surface area (Å²) in [6.07, 6.45) is 0.261. The van der Waals surface area contributed by atoms with Gasteiger partial charge in [0.25, 0.3) is 0 Å². The van der Waals surface area contributed by atoms with E-state index in [1.807, 2.05) is 13.8 Å². The number of nitrogens with zero attached hydrogens (tertiary/aromatic N) is 4. The number of fused-ring (bicyclic) bond motifs is 2. The van der Waals surface area contributed by atoms with E-state index in [2.05, 4.69) is 15.0 Å². The topological polar surface area (TPSA) is 124 Å². The van der Waals surface area contributed by atoms with Gasteiger partial charge in [-0.2, -0.15) is 11.9 Å².